The molecule has 0 saturated carbocycles. The second-order valence-electron chi connectivity index (χ2n) is 4.70. The van der Waals surface area contributed by atoms with E-state index in [2.05, 4.69) is 26.5 Å². The van der Waals surface area contributed by atoms with Crippen LogP contribution in [-0.2, 0) is 11.3 Å². The zero-order valence-electron chi connectivity index (χ0n) is 11.6. The Bertz CT molecular complexity index is 604. The molecule has 0 unspecified atom stereocenters. The molecular formula is C13H20N4OS. The third-order valence-corrected chi connectivity index (χ3v) is 3.46. The van der Waals surface area contributed by atoms with Crippen molar-refractivity contribution in [2.45, 2.75) is 13.5 Å². The molecule has 0 spiro atoms. The molecule has 0 atom stereocenters. The highest BCUT2D eigenvalue weighted by Crippen LogP contribution is 2.12. The lowest BCUT2D eigenvalue weighted by molar-refractivity contribution is 0.159. The lowest BCUT2D eigenvalue weighted by atomic mass is 10.3. The monoisotopic (exact) mass is 280 g/mol. The van der Waals surface area contributed by atoms with Gasteiger partial charge >= 0.3 is 0 Å². The van der Waals surface area contributed by atoms with Crippen LogP contribution in [0.3, 0.4) is 0 Å². The van der Waals surface area contributed by atoms with Gasteiger partial charge in [-0.05, 0) is 38.3 Å². The third-order valence-electron chi connectivity index (χ3n) is 3.14. The minimum absolute atomic E-state index is 0.730. The quantitative estimate of drug-likeness (QED) is 0.822. The molecule has 1 N–H and O–H groups in total. The second-order valence-corrected chi connectivity index (χ2v) is 5.09. The van der Waals surface area contributed by atoms with Crippen LogP contribution in [0.2, 0.25) is 0 Å². The van der Waals surface area contributed by atoms with E-state index >= 15 is 0 Å². The summed E-state index contributed by atoms with van der Waals surface area (Å²) < 4.78 is 7.86. The summed E-state index contributed by atoms with van der Waals surface area (Å²) >= 11 is 5.36. The van der Waals surface area contributed by atoms with E-state index < -0.39 is 0 Å². The van der Waals surface area contributed by atoms with Gasteiger partial charge in [0.1, 0.15) is 0 Å². The topological polar surface area (TPSA) is 46.1 Å². The normalized spacial score (nSPS) is 11.6. The summed E-state index contributed by atoms with van der Waals surface area (Å²) in [5.74, 6) is 0. The van der Waals surface area contributed by atoms with Crippen LogP contribution in [0.15, 0.2) is 12.1 Å². The van der Waals surface area contributed by atoms with Crippen molar-refractivity contribution in [1.82, 2.24) is 19.4 Å². The van der Waals surface area contributed by atoms with Gasteiger partial charge in [-0.15, -0.1) is 0 Å². The highest BCUT2D eigenvalue weighted by molar-refractivity contribution is 7.71. The van der Waals surface area contributed by atoms with E-state index in [1.54, 1.807) is 7.11 Å². The van der Waals surface area contributed by atoms with Crippen LogP contribution in [0.25, 0.3) is 11.2 Å². The first kappa shape index (κ1) is 14.2. The summed E-state index contributed by atoms with van der Waals surface area (Å²) in [7, 11) is 3.80. The molecular weight excluding hydrogens is 260 g/mol. The molecule has 104 valence electrons. The third kappa shape index (κ3) is 3.40. The Balaban J connectivity index is 2.14. The molecule has 0 amide bonds. The van der Waals surface area contributed by atoms with E-state index in [1.807, 2.05) is 19.1 Å². The number of likely N-dealkylation sites (N-methyl/N-ethyl adjacent to an activating group) is 1. The van der Waals surface area contributed by atoms with Crippen LogP contribution in [0, 0.1) is 11.7 Å². The summed E-state index contributed by atoms with van der Waals surface area (Å²) in [6.45, 7) is 5.39. The fraction of sp³-hybridized carbons (Fsp3) is 0.538. The van der Waals surface area contributed by atoms with Crippen LogP contribution < -0.4 is 0 Å². The average Bonchev–Trinajstić information content (AvgIpc) is 2.69. The van der Waals surface area contributed by atoms with Crippen molar-refractivity contribution in [2.75, 3.05) is 33.9 Å². The molecule has 2 aromatic heterocycles. The van der Waals surface area contributed by atoms with Crippen LogP contribution in [-0.4, -0.2) is 53.3 Å². The lowest BCUT2D eigenvalue weighted by Crippen LogP contribution is -2.26. The molecule has 19 heavy (non-hydrogen) atoms. The van der Waals surface area contributed by atoms with E-state index in [9.17, 15) is 0 Å². The number of nitrogens with zero attached hydrogens (tertiary/aromatic N) is 3. The number of hydrogen-bond donors (Lipinski definition) is 1. The molecule has 5 nitrogen and oxygen atoms in total. The Morgan fingerprint density at radius 2 is 2.21 bits per heavy atom. The van der Waals surface area contributed by atoms with Gasteiger partial charge in [0.15, 0.2) is 10.4 Å². The van der Waals surface area contributed by atoms with Gasteiger partial charge in [-0.25, -0.2) is 4.98 Å². The standard InChI is InChI=1S/C13H20N4OS/c1-10-4-5-11-12(14-10)17(13(19)15-11)7-6-16(2)8-9-18-3/h4-5H,6-9H2,1-3H3,(H,15,19). The zero-order chi connectivity index (χ0) is 13.8. The number of imidazole rings is 1. The van der Waals surface area contributed by atoms with E-state index in [1.165, 1.54) is 0 Å². The number of aromatic amines is 1. The van der Waals surface area contributed by atoms with Crippen molar-refractivity contribution in [2.24, 2.45) is 0 Å². The first-order valence-electron chi connectivity index (χ1n) is 6.35. The van der Waals surface area contributed by atoms with Crippen LogP contribution in [0.4, 0.5) is 0 Å². The van der Waals surface area contributed by atoms with Crippen molar-refractivity contribution in [3.63, 3.8) is 0 Å². The van der Waals surface area contributed by atoms with Gasteiger partial charge in [-0.3, -0.25) is 0 Å². The van der Waals surface area contributed by atoms with Gasteiger partial charge < -0.3 is 19.2 Å². The van der Waals surface area contributed by atoms with Gasteiger partial charge in [0, 0.05) is 32.4 Å². The summed E-state index contributed by atoms with van der Waals surface area (Å²) in [6, 6.07) is 4.02. The molecule has 2 aromatic rings. The smallest absolute Gasteiger partial charge is 0.179 e. The fourth-order valence-corrected chi connectivity index (χ4v) is 2.25. The number of nitrogens with one attached hydrogen (secondary N) is 1. The van der Waals surface area contributed by atoms with Gasteiger partial charge in [-0.1, -0.05) is 0 Å². The van der Waals surface area contributed by atoms with Crippen molar-refractivity contribution in [3.8, 4) is 0 Å². The molecule has 0 bridgehead atoms. The van der Waals surface area contributed by atoms with Crippen LogP contribution in [0.5, 0.6) is 0 Å². The second kappa shape index (κ2) is 6.27. The number of hydrogen-bond acceptors (Lipinski definition) is 4. The number of aryl methyl sites for hydroxylation is 1. The molecule has 6 heteroatoms. The number of H-pyrrole nitrogens is 1. The van der Waals surface area contributed by atoms with Gasteiger partial charge in [-0.2, -0.15) is 0 Å². The lowest BCUT2D eigenvalue weighted by Gasteiger charge is -2.16. The molecule has 0 radical (unpaired) electrons. The number of methoxy groups -OCH3 is 1. The Labute approximate surface area is 118 Å². The molecule has 0 aliphatic carbocycles. The van der Waals surface area contributed by atoms with Crippen molar-refractivity contribution in [3.05, 3.63) is 22.6 Å². The number of fused-ring (bicyclic) bond motifs is 1. The highest BCUT2D eigenvalue weighted by Gasteiger charge is 2.07. The molecule has 2 rings (SSSR count). The van der Waals surface area contributed by atoms with Crippen molar-refractivity contribution < 1.29 is 4.74 Å². The molecule has 0 aliphatic rings. The number of aromatic nitrogens is 3. The number of ether oxygens (including phenoxy) is 1. The average molecular weight is 280 g/mol. The van der Waals surface area contributed by atoms with E-state index in [-0.39, 0.29) is 0 Å². The van der Waals surface area contributed by atoms with E-state index in [4.69, 9.17) is 17.0 Å². The minimum atomic E-state index is 0.730. The van der Waals surface area contributed by atoms with Gasteiger partial charge in [0.2, 0.25) is 0 Å². The Hall–Kier alpha value is -1.24. The molecule has 0 aromatic carbocycles. The number of pyridine rings is 1. The van der Waals surface area contributed by atoms with Gasteiger partial charge in [0.25, 0.3) is 0 Å². The minimum Gasteiger partial charge on any atom is -0.383 e. The SMILES string of the molecule is COCCN(C)CCn1c(=S)[nH]c2ccc(C)nc21. The summed E-state index contributed by atoms with van der Waals surface area (Å²) in [5, 5.41) is 0. The van der Waals surface area contributed by atoms with E-state index in [0.29, 0.717) is 0 Å². The predicted molar refractivity (Wildman–Crippen MR) is 79.0 cm³/mol. The molecule has 0 aliphatic heterocycles. The number of rotatable bonds is 6. The molecule has 2 heterocycles. The zero-order valence-corrected chi connectivity index (χ0v) is 12.5. The van der Waals surface area contributed by atoms with Crippen LogP contribution in [0.1, 0.15) is 5.69 Å². The first-order valence-corrected chi connectivity index (χ1v) is 6.76. The van der Waals surface area contributed by atoms with Gasteiger partial charge in [0.05, 0.1) is 12.1 Å². The molecule has 0 fully saturated rings. The van der Waals surface area contributed by atoms with E-state index in [0.717, 1.165) is 47.9 Å². The fourth-order valence-electron chi connectivity index (χ4n) is 1.96. The highest BCUT2D eigenvalue weighted by atomic mass is 32.1. The Morgan fingerprint density at radius 3 is 2.95 bits per heavy atom. The maximum absolute atomic E-state index is 5.36. The maximum atomic E-state index is 5.36. The van der Waals surface area contributed by atoms with Crippen LogP contribution >= 0.6 is 12.2 Å². The largest absolute Gasteiger partial charge is 0.383 e. The summed E-state index contributed by atoms with van der Waals surface area (Å²) in [5.41, 5.74) is 2.93. The van der Waals surface area contributed by atoms with Crippen molar-refractivity contribution >= 4 is 23.4 Å². The first-order chi connectivity index (χ1) is 9.11. The maximum Gasteiger partial charge on any atom is 0.179 e. The van der Waals surface area contributed by atoms with Crippen molar-refractivity contribution in [1.29, 1.82) is 0 Å². The molecule has 0 saturated heterocycles. The Kier molecular flexibility index (Phi) is 4.68. The predicted octanol–water partition coefficient (Wildman–Crippen LogP) is 1.98. The summed E-state index contributed by atoms with van der Waals surface area (Å²) in [4.78, 5) is 9.97. The summed E-state index contributed by atoms with van der Waals surface area (Å²) in [6.07, 6.45) is 0. The Morgan fingerprint density at radius 1 is 1.42 bits per heavy atom.